The van der Waals surface area contributed by atoms with Crippen LogP contribution in [0.2, 0.25) is 0 Å². The lowest BCUT2D eigenvalue weighted by Crippen LogP contribution is -2.57. The molecule has 0 bridgehead atoms. The van der Waals surface area contributed by atoms with E-state index in [-0.39, 0.29) is 45.3 Å². The predicted octanol–water partition coefficient (Wildman–Crippen LogP) is 3.36. The monoisotopic (exact) mass is 759 g/mol. The first-order chi connectivity index (χ1) is 25.2. The van der Waals surface area contributed by atoms with Gasteiger partial charge in [0, 0.05) is 50.2 Å². The van der Waals surface area contributed by atoms with Gasteiger partial charge in [0.2, 0.25) is 27.7 Å². The summed E-state index contributed by atoms with van der Waals surface area (Å²) in [5.74, 6) is -7.55. The summed E-state index contributed by atoms with van der Waals surface area (Å²) in [5, 5.41) is 12.5. The van der Waals surface area contributed by atoms with E-state index in [0.717, 1.165) is 22.4 Å². The molecule has 2 aliphatic carbocycles. The number of hydrogen-bond donors (Lipinski definition) is 3. The van der Waals surface area contributed by atoms with Crippen LogP contribution in [0.25, 0.3) is 0 Å². The molecule has 0 spiro atoms. The van der Waals surface area contributed by atoms with E-state index >= 15 is 0 Å². The summed E-state index contributed by atoms with van der Waals surface area (Å²) in [6, 6.07) is 5.59. The first-order valence-electron chi connectivity index (χ1n) is 18.8. The second-order valence-corrected chi connectivity index (χ2v) is 17.7. The molecule has 4 heterocycles. The van der Waals surface area contributed by atoms with Gasteiger partial charge in [-0.25, -0.2) is 22.0 Å². The fourth-order valence-corrected chi connectivity index (χ4v) is 10.2. The summed E-state index contributed by atoms with van der Waals surface area (Å²) < 4.78 is 56.0. The number of carboxylic acid groups (broad SMARTS) is 1. The molecule has 0 radical (unpaired) electrons. The molecule has 4 fully saturated rings. The van der Waals surface area contributed by atoms with Gasteiger partial charge in [-0.2, -0.15) is 0 Å². The standard InChI is InChI=1S/C37H47F2N5O8S/c38-36(39)15-17-42(22-36)30(45)19-24-9-4-2-1-3-5-10-26-20-37(26,34(48)41-53(51,52)27-12-13-27)40-32(46)29-18-25(21-44(29)33(24)47)31-28-11-7-6-8-23(28)14-16-43(31)35(49)50/h5-8,10-11,24-27,29,31H,1-4,9,12-22H2,(H,40,46)(H,41,48)(H,49,50)/t24-,25-,26?,29+,31?,37-/m1/s1. The SMILES string of the molecule is O=C1N[C@]2(C(=O)NS(=O)(=O)C3CC3)CC2C=CCCCCC[C@H](CC(=O)N2CCC(F)(F)C2)C(=O)N2C[C@H](C3c4ccccc4CCN3C(=O)O)C[C@@H]12. The number of nitrogens with one attached hydrogen (secondary N) is 2. The molecule has 1 aromatic rings. The highest BCUT2D eigenvalue weighted by atomic mass is 32.2. The number of allylic oxidation sites excluding steroid dienone is 1. The second-order valence-electron chi connectivity index (χ2n) is 15.7. The normalized spacial score (nSPS) is 31.7. The maximum atomic E-state index is 14.7. The van der Waals surface area contributed by atoms with Gasteiger partial charge in [-0.05, 0) is 62.5 Å². The number of sulfonamides is 1. The molecular weight excluding hydrogens is 712 g/mol. The smallest absolute Gasteiger partial charge is 0.407 e. The molecule has 53 heavy (non-hydrogen) atoms. The van der Waals surface area contributed by atoms with Crippen LogP contribution in [0.4, 0.5) is 13.6 Å². The van der Waals surface area contributed by atoms with Crippen molar-refractivity contribution in [2.24, 2.45) is 17.8 Å². The number of benzene rings is 1. The molecular formula is C37H47F2N5O8S. The third-order valence-corrected chi connectivity index (χ3v) is 13.8. The molecule has 3 N–H and O–H groups in total. The van der Waals surface area contributed by atoms with Gasteiger partial charge >= 0.3 is 6.09 Å². The summed E-state index contributed by atoms with van der Waals surface area (Å²) >= 11 is 0. The number of nitrogens with zero attached hydrogens (tertiary/aromatic N) is 3. The maximum absolute atomic E-state index is 14.7. The average Bonchev–Trinajstić information content (AvgIpc) is 4.01. The van der Waals surface area contributed by atoms with Crippen molar-refractivity contribution in [1.82, 2.24) is 24.7 Å². The Balaban J connectivity index is 1.22. The number of carbonyl (C=O) groups excluding carboxylic acids is 4. The molecule has 4 aliphatic heterocycles. The molecule has 16 heteroatoms. The van der Waals surface area contributed by atoms with Crippen molar-refractivity contribution in [2.75, 3.05) is 26.2 Å². The number of carbonyl (C=O) groups is 5. The first kappa shape index (κ1) is 37.2. The van der Waals surface area contributed by atoms with E-state index in [1.54, 1.807) is 0 Å². The quantitative estimate of drug-likeness (QED) is 0.371. The van der Waals surface area contributed by atoms with Crippen LogP contribution in [0.5, 0.6) is 0 Å². The van der Waals surface area contributed by atoms with Gasteiger partial charge in [0.05, 0.1) is 17.8 Å². The van der Waals surface area contributed by atoms with Crippen LogP contribution in [-0.4, -0.2) is 107 Å². The third kappa shape index (κ3) is 7.65. The molecule has 2 unspecified atom stereocenters. The first-order valence-corrected chi connectivity index (χ1v) is 20.3. The lowest BCUT2D eigenvalue weighted by molar-refractivity contribution is -0.145. The van der Waals surface area contributed by atoms with Crippen molar-refractivity contribution in [3.63, 3.8) is 0 Å². The summed E-state index contributed by atoms with van der Waals surface area (Å²) in [6.45, 7) is -0.652. The van der Waals surface area contributed by atoms with Gasteiger partial charge < -0.3 is 25.1 Å². The van der Waals surface area contributed by atoms with Gasteiger partial charge in [0.25, 0.3) is 11.8 Å². The van der Waals surface area contributed by atoms with E-state index in [9.17, 15) is 46.3 Å². The van der Waals surface area contributed by atoms with E-state index in [1.807, 2.05) is 36.4 Å². The summed E-state index contributed by atoms with van der Waals surface area (Å²) in [5.41, 5.74) is 0.168. The zero-order chi connectivity index (χ0) is 37.7. The lowest BCUT2D eigenvalue weighted by Gasteiger charge is -2.39. The van der Waals surface area contributed by atoms with Crippen molar-refractivity contribution >= 4 is 39.7 Å². The minimum absolute atomic E-state index is 0.0231. The number of halogens is 2. The van der Waals surface area contributed by atoms with Gasteiger partial charge in [-0.1, -0.05) is 49.3 Å². The molecule has 288 valence electrons. The highest BCUT2D eigenvalue weighted by molar-refractivity contribution is 7.91. The van der Waals surface area contributed by atoms with Crippen LogP contribution in [0.15, 0.2) is 36.4 Å². The zero-order valence-electron chi connectivity index (χ0n) is 29.6. The van der Waals surface area contributed by atoms with Gasteiger partial charge in [-0.15, -0.1) is 0 Å². The third-order valence-electron chi connectivity index (χ3n) is 12.0. The molecule has 1 aromatic carbocycles. The Hall–Kier alpha value is -4.08. The van der Waals surface area contributed by atoms with E-state index in [0.29, 0.717) is 38.5 Å². The van der Waals surface area contributed by atoms with Crippen LogP contribution < -0.4 is 10.0 Å². The molecule has 5 amide bonds. The number of likely N-dealkylation sites (tertiary alicyclic amines) is 1. The summed E-state index contributed by atoms with van der Waals surface area (Å²) in [7, 11) is -3.94. The highest BCUT2D eigenvalue weighted by Crippen LogP contribution is 2.47. The summed E-state index contributed by atoms with van der Waals surface area (Å²) in [6.07, 6.45) is 6.31. The van der Waals surface area contributed by atoms with Crippen LogP contribution >= 0.6 is 0 Å². The fourth-order valence-electron chi connectivity index (χ4n) is 8.80. The number of fused-ring (bicyclic) bond motifs is 3. The fraction of sp³-hybridized carbons (Fsp3) is 0.649. The molecule has 6 aliphatic rings. The Morgan fingerprint density at radius 2 is 1.81 bits per heavy atom. The Morgan fingerprint density at radius 1 is 1.04 bits per heavy atom. The minimum atomic E-state index is -3.94. The zero-order valence-corrected chi connectivity index (χ0v) is 30.4. The molecule has 2 saturated carbocycles. The van der Waals surface area contributed by atoms with E-state index in [4.69, 9.17) is 0 Å². The van der Waals surface area contributed by atoms with Gasteiger partial charge in [0.15, 0.2) is 0 Å². The lowest BCUT2D eigenvalue weighted by atomic mass is 9.83. The van der Waals surface area contributed by atoms with E-state index < -0.39 is 99.3 Å². The Bertz CT molecular complexity index is 1800. The predicted molar refractivity (Wildman–Crippen MR) is 187 cm³/mol. The number of rotatable bonds is 6. The Morgan fingerprint density at radius 3 is 2.53 bits per heavy atom. The molecule has 6 atom stereocenters. The van der Waals surface area contributed by atoms with Crippen LogP contribution in [0.3, 0.4) is 0 Å². The van der Waals surface area contributed by atoms with Crippen molar-refractivity contribution < 1.29 is 46.3 Å². The number of alkyl halides is 2. The minimum Gasteiger partial charge on any atom is -0.465 e. The molecule has 0 aromatic heterocycles. The van der Waals surface area contributed by atoms with Crippen LogP contribution in [0.1, 0.15) is 87.8 Å². The van der Waals surface area contributed by atoms with Gasteiger partial charge in [-0.3, -0.25) is 23.9 Å². The Labute approximate surface area is 307 Å². The maximum Gasteiger partial charge on any atom is 0.407 e. The average molecular weight is 760 g/mol. The molecule has 7 rings (SSSR count). The van der Waals surface area contributed by atoms with Gasteiger partial charge in [0.1, 0.15) is 11.6 Å². The van der Waals surface area contributed by atoms with E-state index in [1.165, 1.54) is 9.80 Å². The van der Waals surface area contributed by atoms with Crippen molar-refractivity contribution in [1.29, 1.82) is 0 Å². The van der Waals surface area contributed by atoms with Crippen molar-refractivity contribution in [3.05, 3.63) is 47.5 Å². The van der Waals surface area contributed by atoms with Crippen molar-refractivity contribution in [3.8, 4) is 0 Å². The molecule has 2 saturated heterocycles. The van der Waals surface area contributed by atoms with Crippen molar-refractivity contribution in [2.45, 2.75) is 106 Å². The summed E-state index contributed by atoms with van der Waals surface area (Å²) in [4.78, 5) is 72.7. The van der Waals surface area contributed by atoms with Crippen LogP contribution in [-0.2, 0) is 35.6 Å². The van der Waals surface area contributed by atoms with E-state index in [2.05, 4.69) is 10.0 Å². The second kappa shape index (κ2) is 14.3. The largest absolute Gasteiger partial charge is 0.465 e. The highest BCUT2D eigenvalue weighted by Gasteiger charge is 2.62. The molecule has 13 nitrogen and oxygen atoms in total. The Kier molecular flexibility index (Phi) is 10.0. The number of hydrogen-bond acceptors (Lipinski definition) is 7. The van der Waals surface area contributed by atoms with Crippen LogP contribution in [0, 0.1) is 17.8 Å². The topological polar surface area (TPSA) is 174 Å². The number of amides is 5.